The first-order valence-corrected chi connectivity index (χ1v) is 14.8. The Labute approximate surface area is 204 Å². The first kappa shape index (κ1) is 26.3. The van der Waals surface area contributed by atoms with Gasteiger partial charge in [0.05, 0.1) is 17.4 Å². The Bertz CT molecular complexity index is 763. The molecule has 0 bridgehead atoms. The van der Waals surface area contributed by atoms with Crippen LogP contribution in [0.3, 0.4) is 0 Å². The molecular weight excluding hydrogens is 459 g/mol. The van der Waals surface area contributed by atoms with Crippen LogP contribution in [-0.4, -0.2) is 88.1 Å². The van der Waals surface area contributed by atoms with Crippen molar-refractivity contribution in [3.8, 4) is 0 Å². The lowest BCUT2D eigenvalue weighted by Crippen LogP contribution is -2.47. The number of alkyl halides is 1. The summed E-state index contributed by atoms with van der Waals surface area (Å²) in [4.78, 5) is 12.5. The number of carbonyl (C=O) groups excluding carboxylic acids is 1. The Balaban J connectivity index is 1.09. The van der Waals surface area contributed by atoms with E-state index in [1.165, 1.54) is 7.11 Å². The van der Waals surface area contributed by atoms with Gasteiger partial charge < -0.3 is 20.7 Å². The quantitative estimate of drug-likeness (QED) is 0.414. The third-order valence-electron chi connectivity index (χ3n) is 8.54. The van der Waals surface area contributed by atoms with Crippen LogP contribution in [0.2, 0.25) is 0 Å². The number of hydrogen-bond acceptors (Lipinski definition) is 6. The molecule has 0 aromatic rings. The van der Waals surface area contributed by atoms with Crippen molar-refractivity contribution in [3.05, 3.63) is 0 Å². The average Bonchev–Trinajstić information content (AvgIpc) is 3.28. The molecule has 0 aromatic heterocycles. The van der Waals surface area contributed by atoms with Crippen molar-refractivity contribution >= 4 is 15.9 Å². The van der Waals surface area contributed by atoms with E-state index in [2.05, 4.69) is 16.0 Å². The van der Waals surface area contributed by atoms with E-state index in [0.717, 1.165) is 58.0 Å². The zero-order valence-electron chi connectivity index (χ0n) is 20.5. The smallest absolute Gasteiger partial charge is 0.237 e. The third kappa shape index (κ3) is 6.30. The second kappa shape index (κ2) is 12.0. The number of nitrogens with zero attached hydrogens (tertiary/aromatic N) is 1. The van der Waals surface area contributed by atoms with Gasteiger partial charge in [-0.2, -0.15) is 0 Å². The van der Waals surface area contributed by atoms with Crippen molar-refractivity contribution in [3.63, 3.8) is 0 Å². The monoisotopic (exact) mass is 502 g/mol. The van der Waals surface area contributed by atoms with Gasteiger partial charge in [0, 0.05) is 32.8 Å². The van der Waals surface area contributed by atoms with Crippen LogP contribution in [-0.2, 0) is 19.6 Å². The number of ether oxygens (including phenoxy) is 1. The number of hydrogen-bond donors (Lipinski definition) is 3. The number of fused-ring (bicyclic) bond motifs is 1. The van der Waals surface area contributed by atoms with Crippen molar-refractivity contribution in [2.24, 2.45) is 11.8 Å². The highest BCUT2D eigenvalue weighted by Crippen LogP contribution is 2.32. The van der Waals surface area contributed by atoms with E-state index in [0.29, 0.717) is 50.4 Å². The Morgan fingerprint density at radius 1 is 1.12 bits per heavy atom. The number of methoxy groups -OCH3 is 1. The minimum absolute atomic E-state index is 0.0427. The second-order valence-electron chi connectivity index (χ2n) is 10.7. The predicted octanol–water partition coefficient (Wildman–Crippen LogP) is 1.56. The van der Waals surface area contributed by atoms with Crippen LogP contribution in [0.4, 0.5) is 4.39 Å². The molecule has 8 nitrogen and oxygen atoms in total. The molecule has 1 amide bonds. The molecule has 1 aliphatic carbocycles. The third-order valence-corrected chi connectivity index (χ3v) is 10.9. The van der Waals surface area contributed by atoms with Crippen molar-refractivity contribution in [1.82, 2.24) is 20.3 Å². The molecule has 3 saturated heterocycles. The normalized spacial score (nSPS) is 35.7. The first-order chi connectivity index (χ1) is 16.4. The van der Waals surface area contributed by atoms with Gasteiger partial charge in [-0.3, -0.25) is 4.79 Å². The number of unbranched alkanes of at least 4 members (excludes halogenated alkanes) is 1. The van der Waals surface area contributed by atoms with Crippen LogP contribution in [0, 0.1) is 11.8 Å². The number of piperidine rings is 2. The van der Waals surface area contributed by atoms with Gasteiger partial charge in [-0.15, -0.1) is 0 Å². The van der Waals surface area contributed by atoms with Crippen LogP contribution in [0.1, 0.15) is 64.2 Å². The minimum atomic E-state index is -3.45. The molecule has 196 valence electrons. The van der Waals surface area contributed by atoms with Gasteiger partial charge in [-0.1, -0.05) is 12.8 Å². The molecule has 6 unspecified atom stereocenters. The number of sulfonamides is 1. The van der Waals surface area contributed by atoms with Gasteiger partial charge in [0.2, 0.25) is 15.9 Å². The largest absolute Gasteiger partial charge is 0.378 e. The minimum Gasteiger partial charge on any atom is -0.378 e. The molecule has 4 rings (SSSR count). The van der Waals surface area contributed by atoms with Crippen molar-refractivity contribution in [2.75, 3.05) is 39.8 Å². The molecule has 1 saturated carbocycles. The fraction of sp³-hybridized carbons (Fsp3) is 0.958. The van der Waals surface area contributed by atoms with E-state index in [9.17, 15) is 17.6 Å². The molecule has 4 fully saturated rings. The Morgan fingerprint density at radius 3 is 2.62 bits per heavy atom. The van der Waals surface area contributed by atoms with Crippen LogP contribution >= 0.6 is 0 Å². The lowest BCUT2D eigenvalue weighted by atomic mass is 9.92. The van der Waals surface area contributed by atoms with Gasteiger partial charge in [0.25, 0.3) is 0 Å². The van der Waals surface area contributed by atoms with Crippen molar-refractivity contribution < 1.29 is 22.3 Å². The van der Waals surface area contributed by atoms with Crippen molar-refractivity contribution in [2.45, 2.75) is 93.8 Å². The summed E-state index contributed by atoms with van der Waals surface area (Å²) in [5, 5.41) is 9.39. The van der Waals surface area contributed by atoms with Crippen molar-refractivity contribution in [1.29, 1.82) is 0 Å². The van der Waals surface area contributed by atoms with Gasteiger partial charge in [-0.25, -0.2) is 17.1 Å². The Morgan fingerprint density at radius 2 is 1.91 bits per heavy atom. The van der Waals surface area contributed by atoms with E-state index in [1.807, 2.05) is 0 Å². The average molecular weight is 503 g/mol. The number of halogens is 1. The zero-order chi connectivity index (χ0) is 24.1. The van der Waals surface area contributed by atoms with Crippen LogP contribution in [0.5, 0.6) is 0 Å². The van der Waals surface area contributed by atoms with E-state index >= 15 is 0 Å². The molecule has 10 heteroatoms. The maximum Gasteiger partial charge on any atom is 0.237 e. The molecule has 0 radical (unpaired) electrons. The lowest BCUT2D eigenvalue weighted by molar-refractivity contribution is -0.122. The SMILES string of the molecule is COC1CCC(S(=O)(=O)N2CCC(CCCCNC(=O)C3CC4CNCCC4N3)CC2)CC1F. The molecule has 6 atom stereocenters. The Kier molecular flexibility index (Phi) is 9.23. The zero-order valence-corrected chi connectivity index (χ0v) is 21.3. The summed E-state index contributed by atoms with van der Waals surface area (Å²) in [5.74, 6) is 1.22. The molecule has 34 heavy (non-hydrogen) atoms. The number of nitrogens with one attached hydrogen (secondary N) is 3. The van der Waals surface area contributed by atoms with E-state index in [1.54, 1.807) is 4.31 Å². The van der Waals surface area contributed by atoms with Gasteiger partial charge >= 0.3 is 0 Å². The topological polar surface area (TPSA) is 99.8 Å². The highest BCUT2D eigenvalue weighted by Gasteiger charge is 2.41. The maximum atomic E-state index is 14.2. The first-order valence-electron chi connectivity index (χ1n) is 13.3. The second-order valence-corrected chi connectivity index (χ2v) is 12.9. The maximum absolute atomic E-state index is 14.2. The fourth-order valence-electron chi connectivity index (χ4n) is 6.35. The molecule has 3 N–H and O–H groups in total. The fourth-order valence-corrected chi connectivity index (χ4v) is 8.35. The van der Waals surface area contributed by atoms with Crippen LogP contribution < -0.4 is 16.0 Å². The summed E-state index contributed by atoms with van der Waals surface area (Å²) in [6.45, 7) is 3.81. The van der Waals surface area contributed by atoms with Gasteiger partial charge in [-0.05, 0) is 76.3 Å². The van der Waals surface area contributed by atoms with Crippen LogP contribution in [0.25, 0.3) is 0 Å². The summed E-state index contributed by atoms with van der Waals surface area (Å²) >= 11 is 0. The number of amides is 1. The highest BCUT2D eigenvalue weighted by molar-refractivity contribution is 7.89. The summed E-state index contributed by atoms with van der Waals surface area (Å²) in [6.07, 6.45) is 6.09. The molecule has 0 aromatic carbocycles. The summed E-state index contributed by atoms with van der Waals surface area (Å²) in [5.41, 5.74) is 0. The summed E-state index contributed by atoms with van der Waals surface area (Å²) in [6, 6.07) is 0.420. The number of carbonyl (C=O) groups is 1. The van der Waals surface area contributed by atoms with Gasteiger partial charge in [0.15, 0.2) is 0 Å². The van der Waals surface area contributed by atoms with E-state index in [-0.39, 0.29) is 18.4 Å². The molecule has 3 heterocycles. The summed E-state index contributed by atoms with van der Waals surface area (Å²) < 4.78 is 47.0. The number of rotatable bonds is 9. The lowest BCUT2D eigenvalue weighted by Gasteiger charge is -2.37. The highest BCUT2D eigenvalue weighted by atomic mass is 32.2. The molecule has 0 spiro atoms. The van der Waals surface area contributed by atoms with E-state index < -0.39 is 27.5 Å². The standard InChI is InChI=1S/C24H43FN4O4S/c1-33-23-6-5-19(15-20(23)25)34(31,32)29-12-8-17(9-13-29)4-2-3-10-27-24(30)22-14-18-16-26-11-7-21(18)28-22/h17-23,26,28H,2-16H2,1H3,(H,27,30). The van der Waals surface area contributed by atoms with Crippen LogP contribution in [0.15, 0.2) is 0 Å². The molecule has 3 aliphatic heterocycles. The van der Waals surface area contributed by atoms with Gasteiger partial charge in [0.1, 0.15) is 6.17 Å². The molecular formula is C24H43FN4O4S. The van der Waals surface area contributed by atoms with E-state index in [4.69, 9.17) is 4.74 Å². The molecule has 4 aliphatic rings. The summed E-state index contributed by atoms with van der Waals surface area (Å²) in [7, 11) is -1.96. The predicted molar refractivity (Wildman–Crippen MR) is 130 cm³/mol. The Hall–Kier alpha value is -0.810.